The molecule has 3 rings (SSSR count). The third-order valence-corrected chi connectivity index (χ3v) is 6.08. The minimum atomic E-state index is -3.67. The van der Waals surface area contributed by atoms with Crippen molar-refractivity contribution in [2.45, 2.75) is 56.6 Å². The first-order valence-electron chi connectivity index (χ1n) is 8.87. The van der Waals surface area contributed by atoms with Crippen molar-refractivity contribution in [1.29, 1.82) is 0 Å². The van der Waals surface area contributed by atoms with Crippen LogP contribution in [0.4, 0.5) is 5.69 Å². The molecular weight excluding hydrogens is 336 g/mol. The average molecular weight is 362 g/mol. The van der Waals surface area contributed by atoms with E-state index in [-0.39, 0.29) is 5.03 Å². The number of imidazole rings is 1. The van der Waals surface area contributed by atoms with Crippen LogP contribution >= 0.6 is 0 Å². The smallest absolute Gasteiger partial charge is 0.280 e. The van der Waals surface area contributed by atoms with Gasteiger partial charge in [-0.2, -0.15) is 8.42 Å². The standard InChI is InChI=1S/C18H26N4O2S/c1-14(10-15-6-2-3-7-15)20-11-16-8-4-5-9-17(16)22-25(23,24)18-12-19-13-21-18/h4-5,8-9,12-15,20,22H,2-3,6-7,10-11H2,1H3,(H,19,21)/t14-/m0/s1. The number of nitrogens with zero attached hydrogens (tertiary/aromatic N) is 1. The Hall–Kier alpha value is -1.86. The Bertz CT molecular complexity index is 768. The van der Waals surface area contributed by atoms with Gasteiger partial charge in [0.1, 0.15) is 0 Å². The van der Waals surface area contributed by atoms with Crippen LogP contribution in [0.1, 0.15) is 44.6 Å². The van der Waals surface area contributed by atoms with Crippen LogP contribution in [0, 0.1) is 5.92 Å². The Balaban J connectivity index is 1.62. The molecule has 0 bridgehead atoms. The maximum Gasteiger partial charge on any atom is 0.280 e. The highest BCUT2D eigenvalue weighted by molar-refractivity contribution is 7.92. The highest BCUT2D eigenvalue weighted by Crippen LogP contribution is 2.28. The van der Waals surface area contributed by atoms with Crippen LogP contribution in [0.25, 0.3) is 0 Å². The number of aromatic nitrogens is 2. The predicted molar refractivity (Wildman–Crippen MR) is 98.7 cm³/mol. The fourth-order valence-electron chi connectivity index (χ4n) is 3.48. The van der Waals surface area contributed by atoms with E-state index in [0.29, 0.717) is 18.3 Å². The van der Waals surface area contributed by atoms with Gasteiger partial charge in [0.05, 0.1) is 12.0 Å². The number of para-hydroxylation sites is 1. The van der Waals surface area contributed by atoms with Crippen molar-refractivity contribution in [1.82, 2.24) is 15.3 Å². The minimum Gasteiger partial charge on any atom is -0.350 e. The first-order chi connectivity index (χ1) is 12.0. The number of rotatable bonds is 8. The molecule has 1 heterocycles. The second-order valence-electron chi connectivity index (χ2n) is 6.84. The van der Waals surface area contributed by atoms with Gasteiger partial charge >= 0.3 is 0 Å². The fraction of sp³-hybridized carbons (Fsp3) is 0.500. The second-order valence-corrected chi connectivity index (χ2v) is 8.47. The summed E-state index contributed by atoms with van der Waals surface area (Å²) in [6.07, 6.45) is 9.29. The molecule has 1 atom stereocenters. The molecule has 1 aromatic carbocycles. The van der Waals surface area contributed by atoms with E-state index in [1.807, 2.05) is 18.2 Å². The van der Waals surface area contributed by atoms with Gasteiger partial charge in [0.2, 0.25) is 0 Å². The van der Waals surface area contributed by atoms with Crippen LogP contribution in [0.2, 0.25) is 0 Å². The van der Waals surface area contributed by atoms with E-state index in [2.05, 4.69) is 26.9 Å². The molecule has 0 saturated heterocycles. The first kappa shape index (κ1) is 17.9. The fourth-order valence-corrected chi connectivity index (χ4v) is 4.49. The molecule has 25 heavy (non-hydrogen) atoms. The SMILES string of the molecule is C[C@@H](CC1CCCC1)NCc1ccccc1NS(=O)(=O)c1c[nH]cn1. The van der Waals surface area contributed by atoms with Crippen LogP contribution in [0.5, 0.6) is 0 Å². The van der Waals surface area contributed by atoms with Gasteiger partial charge < -0.3 is 10.3 Å². The normalized spacial score (nSPS) is 16.8. The van der Waals surface area contributed by atoms with Gasteiger partial charge in [0.25, 0.3) is 10.0 Å². The monoisotopic (exact) mass is 362 g/mol. The number of sulfonamides is 1. The average Bonchev–Trinajstić information content (AvgIpc) is 3.27. The molecule has 1 aliphatic rings. The van der Waals surface area contributed by atoms with Crippen molar-refractivity contribution in [2.24, 2.45) is 5.92 Å². The van der Waals surface area contributed by atoms with Crippen LogP contribution in [0.3, 0.4) is 0 Å². The molecule has 0 unspecified atom stereocenters. The molecule has 1 aromatic heterocycles. The summed E-state index contributed by atoms with van der Waals surface area (Å²) in [6.45, 7) is 2.84. The Kier molecular flexibility index (Phi) is 5.75. The Labute approximate surface area is 149 Å². The summed E-state index contributed by atoms with van der Waals surface area (Å²) in [7, 11) is -3.67. The van der Waals surface area contributed by atoms with Gasteiger partial charge in [0, 0.05) is 18.8 Å². The van der Waals surface area contributed by atoms with E-state index in [4.69, 9.17) is 0 Å². The molecule has 0 aliphatic heterocycles. The zero-order valence-corrected chi connectivity index (χ0v) is 15.3. The summed E-state index contributed by atoms with van der Waals surface area (Å²) in [5.41, 5.74) is 1.52. The topological polar surface area (TPSA) is 86.9 Å². The van der Waals surface area contributed by atoms with Crippen LogP contribution in [-0.2, 0) is 16.6 Å². The van der Waals surface area contributed by atoms with E-state index in [0.717, 1.165) is 11.5 Å². The Morgan fingerprint density at radius 3 is 2.76 bits per heavy atom. The zero-order chi connectivity index (χ0) is 17.7. The number of nitrogens with one attached hydrogen (secondary N) is 3. The summed E-state index contributed by atoms with van der Waals surface area (Å²) in [5, 5.41) is 3.52. The Morgan fingerprint density at radius 1 is 1.28 bits per heavy atom. The van der Waals surface area contributed by atoms with Crippen molar-refractivity contribution in [3.05, 3.63) is 42.4 Å². The van der Waals surface area contributed by atoms with Crippen LogP contribution in [0.15, 0.2) is 41.8 Å². The Morgan fingerprint density at radius 2 is 2.04 bits per heavy atom. The lowest BCUT2D eigenvalue weighted by atomic mass is 9.99. The largest absolute Gasteiger partial charge is 0.350 e. The van der Waals surface area contributed by atoms with Gasteiger partial charge in [-0.1, -0.05) is 43.9 Å². The van der Waals surface area contributed by atoms with Crippen molar-refractivity contribution in [3.63, 3.8) is 0 Å². The summed E-state index contributed by atoms with van der Waals surface area (Å²) >= 11 is 0. The summed E-state index contributed by atoms with van der Waals surface area (Å²) < 4.78 is 27.4. The zero-order valence-electron chi connectivity index (χ0n) is 14.5. The molecule has 2 aromatic rings. The molecular formula is C18H26N4O2S. The quantitative estimate of drug-likeness (QED) is 0.673. The number of H-pyrrole nitrogens is 1. The highest BCUT2D eigenvalue weighted by Gasteiger charge is 2.19. The second kappa shape index (κ2) is 8.01. The van der Waals surface area contributed by atoms with Crippen molar-refractivity contribution >= 4 is 15.7 Å². The van der Waals surface area contributed by atoms with Gasteiger partial charge in [-0.3, -0.25) is 4.72 Å². The molecule has 0 spiro atoms. The van der Waals surface area contributed by atoms with Crippen molar-refractivity contribution in [3.8, 4) is 0 Å². The predicted octanol–water partition coefficient (Wildman–Crippen LogP) is 3.27. The molecule has 1 fully saturated rings. The molecule has 136 valence electrons. The van der Waals surface area contributed by atoms with E-state index in [1.165, 1.54) is 44.6 Å². The first-order valence-corrected chi connectivity index (χ1v) is 10.4. The van der Waals surface area contributed by atoms with Crippen molar-refractivity contribution in [2.75, 3.05) is 4.72 Å². The maximum absolute atomic E-state index is 12.4. The summed E-state index contributed by atoms with van der Waals surface area (Å²) in [4.78, 5) is 6.49. The molecule has 0 amide bonds. The molecule has 7 heteroatoms. The molecule has 1 aliphatic carbocycles. The number of aromatic amines is 1. The highest BCUT2D eigenvalue weighted by atomic mass is 32.2. The van der Waals surface area contributed by atoms with E-state index >= 15 is 0 Å². The number of hydrogen-bond donors (Lipinski definition) is 3. The number of hydrogen-bond acceptors (Lipinski definition) is 4. The lowest BCUT2D eigenvalue weighted by Crippen LogP contribution is -2.28. The minimum absolute atomic E-state index is 0.00939. The molecule has 3 N–H and O–H groups in total. The molecule has 1 saturated carbocycles. The lowest BCUT2D eigenvalue weighted by Gasteiger charge is -2.19. The molecule has 0 radical (unpaired) electrons. The van der Waals surface area contributed by atoms with Crippen LogP contribution < -0.4 is 10.0 Å². The van der Waals surface area contributed by atoms with Crippen molar-refractivity contribution < 1.29 is 8.42 Å². The van der Waals surface area contributed by atoms with E-state index in [1.54, 1.807) is 6.07 Å². The maximum atomic E-state index is 12.4. The number of anilines is 1. The van der Waals surface area contributed by atoms with Crippen LogP contribution in [-0.4, -0.2) is 24.4 Å². The third kappa shape index (κ3) is 4.83. The summed E-state index contributed by atoms with van der Waals surface area (Å²) in [5.74, 6) is 0.830. The lowest BCUT2D eigenvalue weighted by molar-refractivity contribution is 0.404. The van der Waals surface area contributed by atoms with Gasteiger partial charge in [-0.25, -0.2) is 4.98 Å². The van der Waals surface area contributed by atoms with Gasteiger partial charge in [-0.05, 0) is 30.9 Å². The van der Waals surface area contributed by atoms with Gasteiger partial charge in [0.15, 0.2) is 5.03 Å². The van der Waals surface area contributed by atoms with E-state index in [9.17, 15) is 8.42 Å². The number of benzene rings is 1. The third-order valence-electron chi connectivity index (χ3n) is 4.81. The van der Waals surface area contributed by atoms with E-state index < -0.39 is 10.0 Å². The summed E-state index contributed by atoms with van der Waals surface area (Å²) in [6, 6.07) is 7.89. The molecule has 6 nitrogen and oxygen atoms in total. The van der Waals surface area contributed by atoms with Gasteiger partial charge in [-0.15, -0.1) is 0 Å².